The Balaban J connectivity index is 2.10. The maximum Gasteiger partial charge on any atom is 0.251 e. The van der Waals surface area contributed by atoms with Gasteiger partial charge < -0.3 is 10.1 Å². The van der Waals surface area contributed by atoms with Gasteiger partial charge >= 0.3 is 0 Å². The fraction of sp³-hybridized carbons (Fsp3) is 0.500. The van der Waals surface area contributed by atoms with Gasteiger partial charge in [0.15, 0.2) is 0 Å². The first-order chi connectivity index (χ1) is 8.54. The maximum absolute atomic E-state index is 12.2. The van der Waals surface area contributed by atoms with E-state index in [0.29, 0.717) is 12.2 Å². The van der Waals surface area contributed by atoms with Gasteiger partial charge in [-0.05, 0) is 12.1 Å². The molecule has 0 radical (unpaired) electrons. The third kappa shape index (κ3) is 2.85. The van der Waals surface area contributed by atoms with Crippen molar-refractivity contribution < 1.29 is 9.53 Å². The van der Waals surface area contributed by atoms with Gasteiger partial charge in [0.25, 0.3) is 5.91 Å². The zero-order valence-corrected chi connectivity index (χ0v) is 12.8. The van der Waals surface area contributed by atoms with Crippen molar-refractivity contribution in [1.82, 2.24) is 5.32 Å². The number of alkyl halides is 1. The van der Waals surface area contributed by atoms with Gasteiger partial charge in [-0.1, -0.05) is 54.6 Å². The second-order valence-electron chi connectivity index (χ2n) is 5.31. The molecule has 3 nitrogen and oxygen atoms in total. The number of rotatable bonds is 3. The minimum absolute atomic E-state index is 0.0136. The first kappa shape index (κ1) is 13.8. The summed E-state index contributed by atoms with van der Waals surface area (Å²) in [5.41, 5.74) is 0.688. The Hall–Kier alpha value is -0.620. The molecule has 1 aliphatic heterocycles. The number of hydrogen-bond acceptors (Lipinski definition) is 2. The van der Waals surface area contributed by atoms with Crippen molar-refractivity contribution in [3.63, 3.8) is 0 Å². The number of hydrogen-bond donors (Lipinski definition) is 1. The smallest absolute Gasteiger partial charge is 0.251 e. The van der Waals surface area contributed by atoms with Crippen LogP contribution in [-0.2, 0) is 4.74 Å². The summed E-state index contributed by atoms with van der Waals surface area (Å²) in [6.07, 6.45) is 0.105. The average Bonchev–Trinajstić information content (AvgIpc) is 2.66. The third-order valence-electron chi connectivity index (χ3n) is 3.36. The molecule has 4 heteroatoms. The Morgan fingerprint density at radius 1 is 1.44 bits per heavy atom. The van der Waals surface area contributed by atoms with Crippen LogP contribution in [0.5, 0.6) is 0 Å². The van der Waals surface area contributed by atoms with E-state index in [4.69, 9.17) is 4.74 Å². The van der Waals surface area contributed by atoms with Crippen LogP contribution in [0.15, 0.2) is 30.3 Å². The van der Waals surface area contributed by atoms with Gasteiger partial charge in [-0.25, -0.2) is 0 Å². The van der Waals surface area contributed by atoms with Crippen LogP contribution in [-0.4, -0.2) is 29.1 Å². The van der Waals surface area contributed by atoms with E-state index in [9.17, 15) is 4.79 Å². The number of amides is 1. The van der Waals surface area contributed by atoms with Crippen molar-refractivity contribution in [1.29, 1.82) is 0 Å². The van der Waals surface area contributed by atoms with Crippen LogP contribution in [0.4, 0.5) is 0 Å². The molecule has 1 aromatic rings. The Kier molecular flexibility index (Phi) is 4.27. The number of carbonyl (C=O) groups is 1. The van der Waals surface area contributed by atoms with E-state index in [1.165, 1.54) is 0 Å². The second-order valence-corrected chi connectivity index (χ2v) is 6.19. The molecule has 2 rings (SSSR count). The lowest BCUT2D eigenvalue weighted by molar-refractivity contribution is 0.0876. The van der Waals surface area contributed by atoms with Crippen LogP contribution < -0.4 is 5.32 Å². The minimum Gasteiger partial charge on any atom is -0.375 e. The Morgan fingerprint density at radius 2 is 2.11 bits per heavy atom. The maximum atomic E-state index is 12.2. The first-order valence-corrected chi connectivity index (χ1v) is 7.60. The SMILES string of the molecule is CC1(C)CO[C@H](CI)[C@@H]1NC(=O)c1ccccc1. The summed E-state index contributed by atoms with van der Waals surface area (Å²) in [7, 11) is 0. The lowest BCUT2D eigenvalue weighted by Gasteiger charge is -2.28. The first-order valence-electron chi connectivity index (χ1n) is 6.08. The topological polar surface area (TPSA) is 38.3 Å². The number of benzene rings is 1. The van der Waals surface area contributed by atoms with Gasteiger partial charge in [0.1, 0.15) is 0 Å². The molecule has 0 unspecified atom stereocenters. The van der Waals surface area contributed by atoms with E-state index >= 15 is 0 Å². The molecular formula is C14H18INO2. The molecule has 1 aliphatic rings. The molecule has 18 heavy (non-hydrogen) atoms. The molecule has 1 aromatic carbocycles. The van der Waals surface area contributed by atoms with Crippen LogP contribution >= 0.6 is 22.6 Å². The van der Waals surface area contributed by atoms with Gasteiger partial charge in [-0.2, -0.15) is 0 Å². The van der Waals surface area contributed by atoms with E-state index in [-0.39, 0.29) is 23.5 Å². The fourth-order valence-corrected chi connectivity index (χ4v) is 3.01. The number of ether oxygens (including phenoxy) is 1. The summed E-state index contributed by atoms with van der Waals surface area (Å²) in [6, 6.07) is 9.39. The number of carbonyl (C=O) groups excluding carboxylic acids is 1. The minimum atomic E-state index is -0.0194. The highest BCUT2D eigenvalue weighted by molar-refractivity contribution is 14.1. The lowest BCUT2D eigenvalue weighted by Crippen LogP contribution is -2.48. The van der Waals surface area contributed by atoms with Crippen LogP contribution in [0.1, 0.15) is 24.2 Å². The van der Waals surface area contributed by atoms with Crippen LogP contribution in [0.25, 0.3) is 0 Å². The molecule has 1 heterocycles. The molecule has 0 aliphatic carbocycles. The number of halogens is 1. The highest BCUT2D eigenvalue weighted by atomic mass is 127. The molecule has 1 N–H and O–H groups in total. The zero-order chi connectivity index (χ0) is 13.2. The molecular weight excluding hydrogens is 341 g/mol. The molecule has 0 aromatic heterocycles. The van der Waals surface area contributed by atoms with E-state index in [1.54, 1.807) is 0 Å². The van der Waals surface area contributed by atoms with E-state index in [2.05, 4.69) is 41.8 Å². The van der Waals surface area contributed by atoms with E-state index < -0.39 is 0 Å². The van der Waals surface area contributed by atoms with Gasteiger partial charge in [0.05, 0.1) is 18.8 Å². The molecule has 0 saturated carbocycles. The normalized spacial score (nSPS) is 25.9. The molecule has 2 atom stereocenters. The largest absolute Gasteiger partial charge is 0.375 e. The van der Waals surface area contributed by atoms with Crippen molar-refractivity contribution in [3.05, 3.63) is 35.9 Å². The second kappa shape index (κ2) is 5.57. The molecule has 1 saturated heterocycles. The third-order valence-corrected chi connectivity index (χ3v) is 4.23. The van der Waals surface area contributed by atoms with Gasteiger partial charge in [-0.3, -0.25) is 4.79 Å². The van der Waals surface area contributed by atoms with Crippen molar-refractivity contribution in [3.8, 4) is 0 Å². The summed E-state index contributed by atoms with van der Waals surface area (Å²) in [4.78, 5) is 12.2. The van der Waals surface area contributed by atoms with Gasteiger partial charge in [-0.15, -0.1) is 0 Å². The summed E-state index contributed by atoms with van der Waals surface area (Å²) < 4.78 is 6.63. The van der Waals surface area contributed by atoms with Gasteiger partial charge in [0, 0.05) is 15.4 Å². The molecule has 0 bridgehead atoms. The van der Waals surface area contributed by atoms with Gasteiger partial charge in [0.2, 0.25) is 0 Å². The molecule has 1 fully saturated rings. The average molecular weight is 359 g/mol. The van der Waals surface area contributed by atoms with Crippen molar-refractivity contribution >= 4 is 28.5 Å². The number of nitrogens with one attached hydrogen (secondary N) is 1. The predicted molar refractivity (Wildman–Crippen MR) is 80.1 cm³/mol. The Morgan fingerprint density at radius 3 is 2.72 bits per heavy atom. The summed E-state index contributed by atoms with van der Waals surface area (Å²) >= 11 is 2.31. The zero-order valence-electron chi connectivity index (χ0n) is 10.7. The highest BCUT2D eigenvalue weighted by Gasteiger charge is 2.43. The van der Waals surface area contributed by atoms with Crippen molar-refractivity contribution in [2.24, 2.45) is 5.41 Å². The standard InChI is InChI=1S/C14H18INO2/c1-14(2)9-18-11(8-15)12(14)16-13(17)10-6-4-3-5-7-10/h3-7,11-12H,8-9H2,1-2H3,(H,16,17)/t11-,12+/m1/s1. The van der Waals surface area contributed by atoms with Crippen molar-refractivity contribution in [2.75, 3.05) is 11.0 Å². The molecule has 0 spiro atoms. The monoisotopic (exact) mass is 359 g/mol. The molecule has 1 amide bonds. The quantitative estimate of drug-likeness (QED) is 0.666. The predicted octanol–water partition coefficient (Wildman–Crippen LogP) is 2.65. The fourth-order valence-electron chi connectivity index (χ4n) is 2.25. The lowest BCUT2D eigenvalue weighted by atomic mass is 9.85. The Labute approximate surface area is 121 Å². The van der Waals surface area contributed by atoms with Crippen molar-refractivity contribution in [2.45, 2.75) is 26.0 Å². The Bertz CT molecular complexity index is 419. The van der Waals surface area contributed by atoms with E-state index in [0.717, 1.165) is 4.43 Å². The summed E-state index contributed by atoms with van der Waals surface area (Å²) in [6.45, 7) is 4.96. The van der Waals surface area contributed by atoms with Crippen LogP contribution in [0.3, 0.4) is 0 Å². The highest BCUT2D eigenvalue weighted by Crippen LogP contribution is 2.33. The van der Waals surface area contributed by atoms with E-state index in [1.807, 2.05) is 30.3 Å². The van der Waals surface area contributed by atoms with Crippen LogP contribution in [0, 0.1) is 5.41 Å². The summed E-state index contributed by atoms with van der Waals surface area (Å²) in [5, 5.41) is 3.12. The van der Waals surface area contributed by atoms with Crippen LogP contribution in [0.2, 0.25) is 0 Å². The molecule has 98 valence electrons. The summed E-state index contributed by atoms with van der Waals surface area (Å²) in [5.74, 6) is -0.0194.